The van der Waals surface area contributed by atoms with Crippen molar-refractivity contribution in [2.45, 2.75) is 18.5 Å². The number of nitrogens with zero attached hydrogens (tertiary/aromatic N) is 2. The van der Waals surface area contributed by atoms with E-state index in [1.165, 1.54) is 28.9 Å². The molecule has 0 amide bonds. The van der Waals surface area contributed by atoms with E-state index in [1.807, 2.05) is 11.4 Å². The van der Waals surface area contributed by atoms with Crippen molar-refractivity contribution in [3.63, 3.8) is 0 Å². The number of aromatic nitrogens is 2. The Bertz CT molecular complexity index is 781. The molecule has 0 bridgehead atoms. The summed E-state index contributed by atoms with van der Waals surface area (Å²) in [6.07, 6.45) is 1.31. The Labute approximate surface area is 127 Å². The van der Waals surface area contributed by atoms with Crippen LogP contribution in [0.4, 0.5) is 0 Å². The molecule has 2 N–H and O–H groups in total. The monoisotopic (exact) mass is 325 g/mol. The van der Waals surface area contributed by atoms with Crippen LogP contribution in [0.15, 0.2) is 22.7 Å². The molecule has 0 saturated carbocycles. The Morgan fingerprint density at radius 2 is 2.29 bits per heavy atom. The molecule has 2 aromatic rings. The number of hydrogen-bond acceptors (Lipinski definition) is 5. The van der Waals surface area contributed by atoms with Gasteiger partial charge in [0.2, 0.25) is 0 Å². The lowest BCUT2D eigenvalue weighted by Crippen LogP contribution is -2.26. The molecule has 0 aliphatic heterocycles. The molecule has 0 radical (unpaired) electrons. The van der Waals surface area contributed by atoms with E-state index in [1.54, 1.807) is 6.92 Å². The zero-order valence-corrected chi connectivity index (χ0v) is 13.3. The number of hydrogen-bond donors (Lipinski definition) is 2. The minimum atomic E-state index is -3.58. The number of aryl methyl sites for hydroxylation is 1. The zero-order chi connectivity index (χ0) is 15.5. The van der Waals surface area contributed by atoms with E-state index < -0.39 is 10.0 Å². The lowest BCUT2D eigenvalue weighted by Gasteiger charge is -2.14. The highest BCUT2D eigenvalue weighted by Crippen LogP contribution is 2.19. The molecule has 0 spiro atoms. The predicted octanol–water partition coefficient (Wildman–Crippen LogP) is 0.944. The Balaban J connectivity index is 2.14. The molecule has 0 unspecified atom stereocenters. The minimum absolute atomic E-state index is 0.0827. The molecule has 0 atom stereocenters. The second-order valence-corrected chi connectivity index (χ2v) is 7.36. The minimum Gasteiger partial charge on any atom is -0.384 e. The van der Waals surface area contributed by atoms with E-state index in [4.69, 9.17) is 5.11 Å². The Morgan fingerprint density at radius 3 is 2.90 bits per heavy atom. The number of imidazole rings is 1. The van der Waals surface area contributed by atoms with Crippen molar-refractivity contribution < 1.29 is 13.5 Å². The van der Waals surface area contributed by atoms with Crippen molar-refractivity contribution in [1.29, 1.82) is 0 Å². The van der Waals surface area contributed by atoms with Crippen LogP contribution in [0.5, 0.6) is 0 Å². The number of H-pyrrole nitrogens is 1. The van der Waals surface area contributed by atoms with Gasteiger partial charge in [-0.05, 0) is 13.0 Å². The summed E-state index contributed by atoms with van der Waals surface area (Å²) < 4.78 is 25.9. The fourth-order valence-corrected chi connectivity index (χ4v) is 3.73. The average molecular weight is 325 g/mol. The fraction of sp³-hybridized carbons (Fsp3) is 0.308. The van der Waals surface area contributed by atoms with Crippen LogP contribution in [-0.2, 0) is 16.6 Å². The van der Waals surface area contributed by atoms with E-state index >= 15 is 0 Å². The van der Waals surface area contributed by atoms with Gasteiger partial charge in [0.05, 0.1) is 6.20 Å². The van der Waals surface area contributed by atoms with Gasteiger partial charge >= 0.3 is 0 Å². The van der Waals surface area contributed by atoms with Gasteiger partial charge < -0.3 is 10.1 Å². The topological polar surface area (TPSA) is 86.3 Å². The summed E-state index contributed by atoms with van der Waals surface area (Å²) in [4.78, 5) is 7.51. The van der Waals surface area contributed by atoms with Crippen molar-refractivity contribution in [2.75, 3.05) is 13.7 Å². The van der Waals surface area contributed by atoms with Gasteiger partial charge in [-0.2, -0.15) is 4.31 Å². The van der Waals surface area contributed by atoms with Crippen molar-refractivity contribution in [2.24, 2.45) is 0 Å². The molecule has 2 aromatic heterocycles. The molecule has 0 aliphatic carbocycles. The van der Waals surface area contributed by atoms with Crippen molar-refractivity contribution in [3.05, 3.63) is 33.9 Å². The van der Waals surface area contributed by atoms with Gasteiger partial charge in [-0.15, -0.1) is 11.3 Å². The summed E-state index contributed by atoms with van der Waals surface area (Å²) >= 11 is 1.43. The molecule has 112 valence electrons. The van der Waals surface area contributed by atoms with Gasteiger partial charge in [-0.3, -0.25) is 0 Å². The molecule has 2 heterocycles. The second kappa shape index (κ2) is 6.41. The quantitative estimate of drug-likeness (QED) is 0.819. The van der Waals surface area contributed by atoms with Crippen molar-refractivity contribution >= 4 is 21.4 Å². The molecule has 0 aromatic carbocycles. The Kier molecular flexibility index (Phi) is 4.80. The molecule has 2 rings (SSSR count). The lowest BCUT2D eigenvalue weighted by atomic mass is 10.3. The first kappa shape index (κ1) is 15.7. The van der Waals surface area contributed by atoms with Crippen LogP contribution >= 0.6 is 11.3 Å². The molecule has 8 heteroatoms. The molecule has 6 nitrogen and oxygen atoms in total. The van der Waals surface area contributed by atoms with E-state index in [-0.39, 0.29) is 18.2 Å². The summed E-state index contributed by atoms with van der Waals surface area (Å²) in [6, 6.07) is 1.82. The second-order valence-electron chi connectivity index (χ2n) is 4.36. The standard InChI is InChI=1S/C13H15N3O3S2/c1-10-14-7-13(15-10)21(18,19)16(2)8-12-6-11(9-20-12)4-3-5-17/h6-7,9,17H,5,8H2,1-2H3,(H,14,15). The number of sulfonamides is 1. The molecule has 0 aliphatic rings. The van der Waals surface area contributed by atoms with Crippen LogP contribution in [0.2, 0.25) is 0 Å². The summed E-state index contributed by atoms with van der Waals surface area (Å²) in [5.41, 5.74) is 0.771. The average Bonchev–Trinajstić information content (AvgIpc) is 3.05. The van der Waals surface area contributed by atoms with Gasteiger partial charge in [-0.25, -0.2) is 13.4 Å². The smallest absolute Gasteiger partial charge is 0.260 e. The highest BCUT2D eigenvalue weighted by molar-refractivity contribution is 7.89. The third-order valence-electron chi connectivity index (χ3n) is 2.71. The van der Waals surface area contributed by atoms with Gasteiger partial charge in [0.15, 0.2) is 5.03 Å². The molecule has 0 saturated heterocycles. The Morgan fingerprint density at radius 1 is 1.52 bits per heavy atom. The third kappa shape index (κ3) is 3.71. The maximum atomic E-state index is 12.3. The largest absolute Gasteiger partial charge is 0.384 e. The number of rotatable bonds is 4. The maximum Gasteiger partial charge on any atom is 0.260 e. The first-order valence-electron chi connectivity index (χ1n) is 6.08. The molecule has 21 heavy (non-hydrogen) atoms. The molecular weight excluding hydrogens is 310 g/mol. The van der Waals surface area contributed by atoms with Crippen LogP contribution in [0.1, 0.15) is 16.3 Å². The summed E-state index contributed by atoms with van der Waals surface area (Å²) in [5, 5.41) is 10.6. The number of aliphatic hydroxyl groups excluding tert-OH is 1. The van der Waals surface area contributed by atoms with Crippen molar-refractivity contribution in [3.8, 4) is 11.8 Å². The first-order chi connectivity index (χ1) is 9.93. The maximum absolute atomic E-state index is 12.3. The van der Waals surface area contributed by atoms with Crippen LogP contribution < -0.4 is 0 Å². The fourth-order valence-electron chi connectivity index (χ4n) is 1.67. The number of thiophene rings is 1. The van der Waals surface area contributed by atoms with Gasteiger partial charge in [-0.1, -0.05) is 11.8 Å². The summed E-state index contributed by atoms with van der Waals surface area (Å²) in [6.45, 7) is 1.76. The van der Waals surface area contributed by atoms with Crippen LogP contribution in [0.3, 0.4) is 0 Å². The van der Waals surface area contributed by atoms with Crippen molar-refractivity contribution in [1.82, 2.24) is 14.3 Å². The number of aromatic amines is 1. The first-order valence-corrected chi connectivity index (χ1v) is 8.40. The Hall–Kier alpha value is -1.66. The molecular formula is C13H15N3O3S2. The van der Waals surface area contributed by atoms with Gasteiger partial charge in [0.25, 0.3) is 10.0 Å². The highest BCUT2D eigenvalue weighted by atomic mass is 32.2. The van der Waals surface area contributed by atoms with E-state index in [0.717, 1.165) is 10.4 Å². The zero-order valence-electron chi connectivity index (χ0n) is 11.6. The summed E-state index contributed by atoms with van der Waals surface area (Å²) in [5.74, 6) is 5.90. The predicted molar refractivity (Wildman–Crippen MR) is 80.3 cm³/mol. The highest BCUT2D eigenvalue weighted by Gasteiger charge is 2.23. The van der Waals surface area contributed by atoms with Gasteiger partial charge in [0, 0.05) is 29.4 Å². The SMILES string of the molecule is Cc1ncc(S(=O)(=O)N(C)Cc2cc(C#CCO)cs2)[nH]1. The third-order valence-corrected chi connectivity index (χ3v) is 5.35. The van der Waals surface area contributed by atoms with Crippen LogP contribution in [0.25, 0.3) is 0 Å². The van der Waals surface area contributed by atoms with E-state index in [0.29, 0.717) is 5.82 Å². The van der Waals surface area contributed by atoms with Crippen LogP contribution in [-0.4, -0.2) is 41.5 Å². The summed E-state index contributed by atoms with van der Waals surface area (Å²) in [7, 11) is -2.06. The lowest BCUT2D eigenvalue weighted by molar-refractivity contribution is 0.350. The number of aliphatic hydroxyl groups is 1. The van der Waals surface area contributed by atoms with Crippen LogP contribution in [0, 0.1) is 18.8 Å². The van der Waals surface area contributed by atoms with E-state index in [9.17, 15) is 8.42 Å². The van der Waals surface area contributed by atoms with Gasteiger partial charge in [0.1, 0.15) is 12.4 Å². The molecule has 0 fully saturated rings. The van der Waals surface area contributed by atoms with E-state index in [2.05, 4.69) is 21.8 Å². The normalized spacial score (nSPS) is 11.4. The number of nitrogens with one attached hydrogen (secondary N) is 1.